The van der Waals surface area contributed by atoms with Crippen molar-refractivity contribution in [1.29, 1.82) is 0 Å². The van der Waals surface area contributed by atoms with E-state index in [1.54, 1.807) is 38.2 Å². The van der Waals surface area contributed by atoms with E-state index in [4.69, 9.17) is 14.7 Å². The summed E-state index contributed by atoms with van der Waals surface area (Å²) in [6.07, 6.45) is 1.33. The molecule has 0 bridgehead atoms. The van der Waals surface area contributed by atoms with E-state index in [9.17, 15) is 13.2 Å². The average Bonchev–Trinajstić information content (AvgIpc) is 3.28. The number of rotatable bonds is 5. The lowest BCUT2D eigenvalue weighted by Gasteiger charge is -2.29. The topological polar surface area (TPSA) is 105 Å². The molecule has 31 heavy (non-hydrogen) atoms. The number of amides is 1. The van der Waals surface area contributed by atoms with Crippen molar-refractivity contribution in [2.24, 2.45) is 0 Å². The lowest BCUT2D eigenvalue weighted by Crippen LogP contribution is -2.37. The van der Waals surface area contributed by atoms with Crippen LogP contribution in [0.5, 0.6) is 5.75 Å². The number of para-hydroxylation sites is 1. The van der Waals surface area contributed by atoms with Gasteiger partial charge in [-0.25, -0.2) is 18.4 Å². The Morgan fingerprint density at radius 1 is 1.23 bits per heavy atom. The molecule has 9 nitrogen and oxygen atoms in total. The summed E-state index contributed by atoms with van der Waals surface area (Å²) in [5.41, 5.74) is 1.65. The number of carbonyl (C=O) groups is 1. The molecule has 0 saturated carbocycles. The molecule has 4 rings (SSSR count). The van der Waals surface area contributed by atoms with Crippen molar-refractivity contribution < 1.29 is 17.9 Å². The molecule has 166 valence electrons. The van der Waals surface area contributed by atoms with E-state index in [0.29, 0.717) is 43.4 Å². The highest BCUT2D eigenvalue weighted by atomic mass is 32.2. The van der Waals surface area contributed by atoms with Gasteiger partial charge in [0, 0.05) is 58.1 Å². The number of hydrogen-bond acceptors (Lipinski definition) is 7. The largest absolute Gasteiger partial charge is 0.495 e. The fraction of sp³-hybridized carbons (Fsp3) is 0.476. The second-order valence-electron chi connectivity index (χ2n) is 7.80. The Morgan fingerprint density at radius 3 is 2.68 bits per heavy atom. The van der Waals surface area contributed by atoms with Crippen molar-refractivity contribution in [3.05, 3.63) is 41.3 Å². The van der Waals surface area contributed by atoms with Gasteiger partial charge >= 0.3 is 0 Å². The maximum atomic E-state index is 13.3. The SMILES string of the molecule is CNc1nc([C@H]2CCN(C(C)=O)C2)nc2c1CN(S(=O)(=O)c1ccccc1OC)CC2. The van der Waals surface area contributed by atoms with Gasteiger partial charge in [-0.05, 0) is 18.6 Å². The van der Waals surface area contributed by atoms with Gasteiger partial charge in [-0.3, -0.25) is 4.79 Å². The van der Waals surface area contributed by atoms with Crippen molar-refractivity contribution in [2.45, 2.75) is 37.1 Å². The summed E-state index contributed by atoms with van der Waals surface area (Å²) < 4.78 is 33.3. The van der Waals surface area contributed by atoms with E-state index in [-0.39, 0.29) is 23.3 Å². The molecular weight excluding hydrogens is 418 g/mol. The summed E-state index contributed by atoms with van der Waals surface area (Å²) in [7, 11) is -0.497. The summed E-state index contributed by atoms with van der Waals surface area (Å²) in [4.78, 5) is 23.1. The molecule has 1 saturated heterocycles. The number of methoxy groups -OCH3 is 1. The predicted molar refractivity (Wildman–Crippen MR) is 115 cm³/mol. The monoisotopic (exact) mass is 445 g/mol. The first-order valence-corrected chi connectivity index (χ1v) is 11.7. The third-order valence-electron chi connectivity index (χ3n) is 5.96. The highest BCUT2D eigenvalue weighted by Crippen LogP contribution is 2.33. The summed E-state index contributed by atoms with van der Waals surface area (Å²) >= 11 is 0. The van der Waals surface area contributed by atoms with E-state index in [0.717, 1.165) is 17.7 Å². The zero-order valence-corrected chi connectivity index (χ0v) is 18.8. The first-order valence-electron chi connectivity index (χ1n) is 10.3. The van der Waals surface area contributed by atoms with Gasteiger partial charge in [0.05, 0.1) is 12.8 Å². The molecule has 1 fully saturated rings. The Hall–Kier alpha value is -2.72. The quantitative estimate of drug-likeness (QED) is 0.745. The van der Waals surface area contributed by atoms with Crippen LogP contribution in [0.25, 0.3) is 0 Å². The number of aromatic nitrogens is 2. The molecule has 1 N–H and O–H groups in total. The van der Waals surface area contributed by atoms with Crippen LogP contribution in [0.15, 0.2) is 29.2 Å². The van der Waals surface area contributed by atoms with Gasteiger partial charge in [0.2, 0.25) is 15.9 Å². The normalized spacial score (nSPS) is 19.2. The van der Waals surface area contributed by atoms with Gasteiger partial charge in [0.15, 0.2) is 0 Å². The Bertz CT molecular complexity index is 1090. The number of ether oxygens (including phenoxy) is 1. The molecular formula is C21H27N5O4S. The third-order valence-corrected chi connectivity index (χ3v) is 7.85. The van der Waals surface area contributed by atoms with E-state index in [2.05, 4.69) is 5.32 Å². The number of sulfonamides is 1. The zero-order valence-electron chi connectivity index (χ0n) is 18.0. The third kappa shape index (κ3) is 3.97. The van der Waals surface area contributed by atoms with Gasteiger partial charge in [-0.2, -0.15) is 4.31 Å². The summed E-state index contributed by atoms with van der Waals surface area (Å²) in [5.74, 6) is 1.84. The highest BCUT2D eigenvalue weighted by Gasteiger charge is 2.34. The molecule has 2 aliphatic heterocycles. The molecule has 0 spiro atoms. The van der Waals surface area contributed by atoms with Gasteiger partial charge in [0.25, 0.3) is 0 Å². The van der Waals surface area contributed by atoms with Crippen LogP contribution in [-0.2, 0) is 27.8 Å². The number of hydrogen-bond donors (Lipinski definition) is 1. The summed E-state index contributed by atoms with van der Waals surface area (Å²) in [6, 6.07) is 6.63. The van der Waals surface area contributed by atoms with Crippen LogP contribution < -0.4 is 10.1 Å². The van der Waals surface area contributed by atoms with Gasteiger partial charge in [-0.15, -0.1) is 0 Å². The molecule has 0 radical (unpaired) electrons. The number of nitrogens with one attached hydrogen (secondary N) is 1. The summed E-state index contributed by atoms with van der Waals surface area (Å²) in [5, 5.41) is 3.11. The van der Waals surface area contributed by atoms with E-state index >= 15 is 0 Å². The maximum absolute atomic E-state index is 13.3. The van der Waals surface area contributed by atoms with Crippen LogP contribution in [-0.4, -0.2) is 67.3 Å². The Labute approximate surface area is 182 Å². The second kappa shape index (κ2) is 8.43. The number of likely N-dealkylation sites (tertiary alicyclic amines) is 1. The van der Waals surface area contributed by atoms with Crippen LogP contribution in [0.3, 0.4) is 0 Å². The fourth-order valence-corrected chi connectivity index (χ4v) is 5.80. The van der Waals surface area contributed by atoms with Crippen molar-refractivity contribution in [3.8, 4) is 5.75 Å². The number of fused-ring (bicyclic) bond motifs is 1. The second-order valence-corrected chi connectivity index (χ2v) is 9.70. The molecule has 1 aromatic carbocycles. The zero-order chi connectivity index (χ0) is 22.2. The fourth-order valence-electron chi connectivity index (χ4n) is 4.23. The minimum absolute atomic E-state index is 0.0616. The maximum Gasteiger partial charge on any atom is 0.247 e. The molecule has 0 unspecified atom stereocenters. The predicted octanol–water partition coefficient (Wildman–Crippen LogP) is 1.61. The first-order chi connectivity index (χ1) is 14.8. The Kier molecular flexibility index (Phi) is 5.85. The summed E-state index contributed by atoms with van der Waals surface area (Å²) in [6.45, 7) is 3.42. The smallest absolute Gasteiger partial charge is 0.247 e. The molecule has 2 aliphatic rings. The molecule has 0 aliphatic carbocycles. The van der Waals surface area contributed by atoms with Crippen LogP contribution in [0, 0.1) is 0 Å². The van der Waals surface area contributed by atoms with Gasteiger partial charge in [-0.1, -0.05) is 12.1 Å². The standard InChI is InChI=1S/C21H27N5O4S/c1-14(27)25-10-8-15(12-25)20-23-17-9-11-26(13-16(17)21(22-2)24-20)31(28,29)19-7-5-4-6-18(19)30-3/h4-7,15H,8-13H2,1-3H3,(H,22,23,24)/t15-/m0/s1. The van der Waals surface area contributed by atoms with Crippen molar-refractivity contribution in [2.75, 3.05) is 39.1 Å². The number of nitrogens with zero attached hydrogens (tertiary/aromatic N) is 4. The number of carbonyl (C=O) groups excluding carboxylic acids is 1. The van der Waals surface area contributed by atoms with Gasteiger partial charge in [0.1, 0.15) is 22.3 Å². The highest BCUT2D eigenvalue weighted by molar-refractivity contribution is 7.89. The van der Waals surface area contributed by atoms with Crippen molar-refractivity contribution in [3.63, 3.8) is 0 Å². The van der Waals surface area contributed by atoms with Crippen molar-refractivity contribution >= 4 is 21.7 Å². The molecule has 3 heterocycles. The Morgan fingerprint density at radius 2 is 2.00 bits per heavy atom. The minimum Gasteiger partial charge on any atom is -0.495 e. The minimum atomic E-state index is -3.73. The van der Waals surface area contributed by atoms with Crippen molar-refractivity contribution in [1.82, 2.24) is 19.2 Å². The van der Waals surface area contributed by atoms with E-state index < -0.39 is 10.0 Å². The molecule has 1 atom stereocenters. The lowest BCUT2D eigenvalue weighted by molar-refractivity contribution is -0.127. The molecule has 10 heteroatoms. The van der Waals surface area contributed by atoms with Crippen LogP contribution in [0.2, 0.25) is 0 Å². The average molecular weight is 446 g/mol. The molecule has 1 aromatic heterocycles. The van der Waals surface area contributed by atoms with Crippen LogP contribution in [0.1, 0.15) is 36.3 Å². The molecule has 1 amide bonds. The number of benzene rings is 1. The first kappa shape index (κ1) is 21.5. The molecule has 2 aromatic rings. The number of anilines is 1. The van der Waals surface area contributed by atoms with E-state index in [1.165, 1.54) is 11.4 Å². The Balaban J connectivity index is 1.63. The van der Waals surface area contributed by atoms with Crippen LogP contribution in [0.4, 0.5) is 5.82 Å². The van der Waals surface area contributed by atoms with E-state index in [1.807, 2.05) is 4.90 Å². The van der Waals surface area contributed by atoms with Crippen LogP contribution >= 0.6 is 0 Å². The van der Waals surface area contributed by atoms with Gasteiger partial charge < -0.3 is 15.0 Å². The lowest BCUT2D eigenvalue weighted by atomic mass is 10.0.